The van der Waals surface area contributed by atoms with E-state index in [1.165, 1.54) is 22.5 Å². The molecule has 3 nitrogen and oxygen atoms in total. The number of nitrogens with one attached hydrogen (secondary N) is 2. The van der Waals surface area contributed by atoms with Crippen molar-refractivity contribution in [1.82, 2.24) is 5.32 Å². The molecule has 0 fully saturated rings. The minimum absolute atomic E-state index is 0.750. The number of aryl methyl sites for hydroxylation is 1. The van der Waals surface area contributed by atoms with Gasteiger partial charge in [-0.05, 0) is 56.5 Å². The van der Waals surface area contributed by atoms with E-state index >= 15 is 0 Å². The molecule has 3 rings (SSSR count). The number of rotatable bonds is 5. The lowest BCUT2D eigenvalue weighted by atomic mass is 10.1. The van der Waals surface area contributed by atoms with Gasteiger partial charge in [-0.2, -0.15) is 0 Å². The first-order chi connectivity index (χ1) is 14.7. The van der Waals surface area contributed by atoms with Gasteiger partial charge >= 0.3 is 0 Å². The van der Waals surface area contributed by atoms with Gasteiger partial charge in [-0.25, -0.2) is 0 Å². The molecule has 0 radical (unpaired) electrons. The minimum Gasteiger partial charge on any atom is -0.381 e. The summed E-state index contributed by atoms with van der Waals surface area (Å²) >= 11 is 0. The van der Waals surface area contributed by atoms with Gasteiger partial charge in [-0.15, -0.1) is 0 Å². The van der Waals surface area contributed by atoms with Crippen LogP contribution in [-0.4, -0.2) is 18.9 Å². The average molecular weight is 404 g/mol. The largest absolute Gasteiger partial charge is 0.381 e. The van der Waals surface area contributed by atoms with Crippen molar-refractivity contribution in [3.8, 4) is 0 Å². The van der Waals surface area contributed by atoms with Crippen molar-refractivity contribution in [3.05, 3.63) is 102 Å². The predicted octanol–water partition coefficient (Wildman–Crippen LogP) is 6.88. The number of benzene rings is 1. The Morgan fingerprint density at radius 2 is 1.97 bits per heavy atom. The Labute approximate surface area is 183 Å². The zero-order valence-corrected chi connectivity index (χ0v) is 19.2. The van der Waals surface area contributed by atoms with Crippen LogP contribution in [-0.2, 0) is 0 Å². The Morgan fingerprint density at radius 1 is 1.17 bits per heavy atom. The van der Waals surface area contributed by atoms with Gasteiger partial charge in [-0.1, -0.05) is 75.1 Å². The molecule has 0 saturated heterocycles. The SMILES string of the molecule is C/C=C1\CN=C(c2ccc(NCC3=CC=CC=CC3)c(C)c2)N1.C=C/C=C\C.CC. The molecule has 0 bridgehead atoms. The van der Waals surface area contributed by atoms with Crippen molar-refractivity contribution >= 4 is 11.5 Å². The van der Waals surface area contributed by atoms with Crippen molar-refractivity contribution in [2.75, 3.05) is 18.4 Å². The lowest BCUT2D eigenvalue weighted by molar-refractivity contribution is 1.10. The summed E-state index contributed by atoms with van der Waals surface area (Å²) in [6.07, 6.45) is 19.3. The molecular formula is C27H37N3. The molecule has 2 N–H and O–H groups in total. The van der Waals surface area contributed by atoms with Crippen LogP contribution in [0.5, 0.6) is 0 Å². The van der Waals surface area contributed by atoms with Crippen LogP contribution < -0.4 is 10.6 Å². The van der Waals surface area contributed by atoms with Gasteiger partial charge in [0.1, 0.15) is 5.84 Å². The molecule has 1 aromatic rings. The van der Waals surface area contributed by atoms with Gasteiger partial charge in [0.05, 0.1) is 6.54 Å². The first-order valence-corrected chi connectivity index (χ1v) is 10.7. The molecule has 0 amide bonds. The third kappa shape index (κ3) is 8.52. The fourth-order valence-electron chi connectivity index (χ4n) is 2.83. The summed E-state index contributed by atoms with van der Waals surface area (Å²) in [6.45, 7) is 15.2. The first-order valence-electron chi connectivity index (χ1n) is 10.7. The molecule has 0 spiro atoms. The van der Waals surface area contributed by atoms with Gasteiger partial charge in [0.2, 0.25) is 0 Å². The Morgan fingerprint density at radius 3 is 2.57 bits per heavy atom. The van der Waals surface area contributed by atoms with E-state index in [-0.39, 0.29) is 0 Å². The maximum absolute atomic E-state index is 4.55. The summed E-state index contributed by atoms with van der Waals surface area (Å²) in [7, 11) is 0. The zero-order valence-electron chi connectivity index (χ0n) is 19.2. The molecule has 0 saturated carbocycles. The third-order valence-corrected chi connectivity index (χ3v) is 4.44. The monoisotopic (exact) mass is 403 g/mol. The number of amidine groups is 1. The molecule has 2 aliphatic rings. The molecule has 3 heteroatoms. The van der Waals surface area contributed by atoms with Gasteiger partial charge in [0, 0.05) is 23.5 Å². The predicted molar refractivity (Wildman–Crippen MR) is 135 cm³/mol. The lowest BCUT2D eigenvalue weighted by Gasteiger charge is -2.13. The summed E-state index contributed by atoms with van der Waals surface area (Å²) in [6, 6.07) is 6.46. The zero-order chi connectivity index (χ0) is 22.2. The van der Waals surface area contributed by atoms with Crippen LogP contribution in [0.1, 0.15) is 45.2 Å². The molecular weight excluding hydrogens is 366 g/mol. The third-order valence-electron chi connectivity index (χ3n) is 4.44. The molecule has 0 aromatic heterocycles. The van der Waals surface area contributed by atoms with Gasteiger partial charge in [0.15, 0.2) is 0 Å². The van der Waals surface area contributed by atoms with Crippen molar-refractivity contribution < 1.29 is 0 Å². The van der Waals surface area contributed by atoms with Crippen LogP contribution in [0.4, 0.5) is 5.69 Å². The highest BCUT2D eigenvalue weighted by atomic mass is 15.1. The summed E-state index contributed by atoms with van der Waals surface area (Å²) in [4.78, 5) is 4.55. The number of hydrogen-bond acceptors (Lipinski definition) is 3. The Kier molecular flexibility index (Phi) is 12.4. The first kappa shape index (κ1) is 25.0. The van der Waals surface area contributed by atoms with E-state index in [1.54, 1.807) is 6.08 Å². The lowest BCUT2D eigenvalue weighted by Crippen LogP contribution is -2.18. The van der Waals surface area contributed by atoms with E-state index in [0.29, 0.717) is 0 Å². The number of anilines is 1. The maximum atomic E-state index is 4.55. The maximum Gasteiger partial charge on any atom is 0.132 e. The quantitative estimate of drug-likeness (QED) is 0.526. The van der Waals surface area contributed by atoms with Crippen LogP contribution in [0.3, 0.4) is 0 Å². The Hall–Kier alpha value is -3.07. The highest BCUT2D eigenvalue weighted by Gasteiger charge is 2.12. The smallest absolute Gasteiger partial charge is 0.132 e. The van der Waals surface area contributed by atoms with Crippen molar-refractivity contribution in [2.24, 2.45) is 4.99 Å². The Bertz CT molecular complexity index is 849. The van der Waals surface area contributed by atoms with E-state index < -0.39 is 0 Å². The van der Waals surface area contributed by atoms with Crippen LogP contribution in [0, 0.1) is 6.92 Å². The number of aliphatic imine (C=N–C) groups is 1. The molecule has 0 unspecified atom stereocenters. The second-order valence-electron chi connectivity index (χ2n) is 6.59. The van der Waals surface area contributed by atoms with Crippen LogP contribution in [0.25, 0.3) is 0 Å². The summed E-state index contributed by atoms with van der Waals surface area (Å²) in [5, 5.41) is 6.90. The summed E-state index contributed by atoms with van der Waals surface area (Å²) in [5.41, 5.74) is 6.11. The molecule has 160 valence electrons. The number of hydrogen-bond donors (Lipinski definition) is 2. The fourth-order valence-corrected chi connectivity index (χ4v) is 2.83. The average Bonchev–Trinajstić information content (AvgIpc) is 3.11. The Balaban J connectivity index is 0.000000565. The molecule has 1 aliphatic heterocycles. The van der Waals surface area contributed by atoms with E-state index in [4.69, 9.17) is 0 Å². The molecule has 1 aliphatic carbocycles. The van der Waals surface area contributed by atoms with E-state index in [2.05, 4.69) is 83.8 Å². The summed E-state index contributed by atoms with van der Waals surface area (Å²) < 4.78 is 0. The van der Waals surface area contributed by atoms with Gasteiger partial charge in [0.25, 0.3) is 0 Å². The topological polar surface area (TPSA) is 36.4 Å². The van der Waals surface area contributed by atoms with Crippen molar-refractivity contribution in [2.45, 2.75) is 41.0 Å². The van der Waals surface area contributed by atoms with Crippen LogP contribution >= 0.6 is 0 Å². The highest BCUT2D eigenvalue weighted by molar-refractivity contribution is 6.01. The van der Waals surface area contributed by atoms with Crippen LogP contribution in [0.15, 0.2) is 95.7 Å². The molecule has 0 atom stereocenters. The number of allylic oxidation sites excluding steroid dienone is 9. The highest BCUT2D eigenvalue weighted by Crippen LogP contribution is 2.19. The van der Waals surface area contributed by atoms with Crippen molar-refractivity contribution in [3.63, 3.8) is 0 Å². The normalized spacial score (nSPS) is 15.8. The van der Waals surface area contributed by atoms with Crippen LogP contribution in [0.2, 0.25) is 0 Å². The van der Waals surface area contributed by atoms with Crippen molar-refractivity contribution in [1.29, 1.82) is 0 Å². The van der Waals surface area contributed by atoms with E-state index in [0.717, 1.165) is 30.9 Å². The fraction of sp³-hybridized carbons (Fsp3) is 0.296. The van der Waals surface area contributed by atoms with Gasteiger partial charge in [-0.3, -0.25) is 4.99 Å². The minimum atomic E-state index is 0.750. The van der Waals surface area contributed by atoms with Gasteiger partial charge < -0.3 is 10.6 Å². The second-order valence-corrected chi connectivity index (χ2v) is 6.59. The molecule has 30 heavy (non-hydrogen) atoms. The standard InChI is InChI=1S/C20H23N3.C5H8.C2H6/c1-3-18-14-22-20(23-18)17-10-11-19(15(2)12-17)21-13-16-8-6-4-5-7-9-16;1-3-5-4-2;1-2/h3-8,10-12,21H,9,13-14H2,1-2H3,(H,22,23);3-5H,1H2,2H3;1-2H3/b18-3+;5-4-;. The van der Waals surface area contributed by atoms with E-state index in [1.807, 2.05) is 39.8 Å². The second kappa shape index (κ2) is 14.9. The molecule has 1 heterocycles. The van der Waals surface area contributed by atoms with E-state index in [9.17, 15) is 0 Å². The molecule has 1 aromatic carbocycles. The number of nitrogens with zero attached hydrogens (tertiary/aromatic N) is 1. The summed E-state index contributed by atoms with van der Waals surface area (Å²) in [5.74, 6) is 0.967.